The monoisotopic (exact) mass is 1010 g/mol. The standard InChI is InChI=1S/C37H90N14.C13H34N6/c38-13-1-21-46(22-2-14-39)29-9-33-50(34-10-30-47(23-3-15-40)24-4-16-41)37-51(35-11-31-48(25-5-17-42)26-6-18-43)36-12-32-49(27-7-19-44)28-8-20-45;14-5-1-9-18(10-2-6-15)13-19(11-3-7-16)12-4-8-17/h1-45H2;1-17H2. The lowest BCUT2D eigenvalue weighted by molar-refractivity contribution is 0.108. The van der Waals surface area contributed by atoms with Gasteiger partial charge in [0.2, 0.25) is 0 Å². The van der Waals surface area contributed by atoms with E-state index in [0.29, 0.717) is 0 Å². The summed E-state index contributed by atoms with van der Waals surface area (Å²) < 4.78 is 0. The highest BCUT2D eigenvalue weighted by Crippen LogP contribution is 2.08. The van der Waals surface area contributed by atoms with E-state index >= 15 is 0 Å². The third-order valence-corrected chi connectivity index (χ3v) is 12.7. The molecule has 0 aliphatic heterocycles. The van der Waals surface area contributed by atoms with Crippen molar-refractivity contribution < 1.29 is 0 Å². The Labute approximate surface area is 432 Å². The summed E-state index contributed by atoms with van der Waals surface area (Å²) in [6.07, 6.45) is 17.0. The van der Waals surface area contributed by atoms with Crippen molar-refractivity contribution >= 4 is 0 Å². The van der Waals surface area contributed by atoms with Crippen molar-refractivity contribution in [3.63, 3.8) is 0 Å². The molecular weight excluding hydrogens is 881 g/mol. The second-order valence-corrected chi connectivity index (χ2v) is 19.2. The smallest absolute Gasteiger partial charge is 0.0506 e. The molecule has 0 amide bonds. The maximum Gasteiger partial charge on any atom is 0.0506 e. The molecule has 0 spiro atoms. The minimum atomic E-state index is 0.733. The predicted molar refractivity (Wildman–Crippen MR) is 304 cm³/mol. The van der Waals surface area contributed by atoms with Crippen LogP contribution in [0.4, 0.5) is 0 Å². The van der Waals surface area contributed by atoms with E-state index in [1.807, 2.05) is 0 Å². The van der Waals surface area contributed by atoms with Gasteiger partial charge in [-0.15, -0.1) is 0 Å². The van der Waals surface area contributed by atoms with Gasteiger partial charge in [-0.2, -0.15) is 0 Å². The SMILES string of the molecule is NCCCN(CCCN)CCCN(CCCN(CCCN)CCCN)CN(CCCN(CCCN)CCCN)CCCN(CCCN)CCCN.NCCCN(CCCN)CN(CCCN)CCCN. The number of hydrogen-bond donors (Lipinski definition) is 12. The van der Waals surface area contributed by atoms with Crippen LogP contribution >= 0.6 is 0 Å². The summed E-state index contributed by atoms with van der Waals surface area (Å²) in [5.74, 6) is 0. The fourth-order valence-electron chi connectivity index (χ4n) is 8.77. The van der Waals surface area contributed by atoms with E-state index in [-0.39, 0.29) is 0 Å². The minimum absolute atomic E-state index is 0.733. The van der Waals surface area contributed by atoms with Crippen LogP contribution in [0.2, 0.25) is 0 Å². The molecule has 424 valence electrons. The topological polar surface area (TPSA) is 338 Å². The Morgan fingerprint density at radius 1 is 0.129 bits per heavy atom. The molecule has 0 fully saturated rings. The zero-order chi connectivity index (χ0) is 52.0. The third-order valence-electron chi connectivity index (χ3n) is 12.7. The summed E-state index contributed by atoms with van der Waals surface area (Å²) in [5, 5.41) is 0. The summed E-state index contributed by atoms with van der Waals surface area (Å²) in [5.41, 5.74) is 69.4. The highest BCUT2D eigenvalue weighted by Gasteiger charge is 2.16. The quantitative estimate of drug-likeness (QED) is 0.0295. The molecule has 0 atom stereocenters. The molecular formula is C50H124N20. The van der Waals surface area contributed by atoms with Crippen LogP contribution in [-0.4, -0.2) is 262 Å². The van der Waals surface area contributed by atoms with E-state index in [2.05, 4.69) is 39.2 Å². The molecule has 0 aromatic rings. The van der Waals surface area contributed by atoms with Crippen molar-refractivity contribution in [3.8, 4) is 0 Å². The first kappa shape index (κ1) is 71.3. The molecule has 0 bridgehead atoms. The van der Waals surface area contributed by atoms with E-state index in [9.17, 15) is 0 Å². The Morgan fingerprint density at radius 2 is 0.229 bits per heavy atom. The van der Waals surface area contributed by atoms with Gasteiger partial charge in [-0.3, -0.25) is 19.6 Å². The van der Waals surface area contributed by atoms with Gasteiger partial charge in [0.05, 0.1) is 13.3 Å². The highest BCUT2D eigenvalue weighted by atomic mass is 15.3. The number of hydrogen-bond acceptors (Lipinski definition) is 20. The van der Waals surface area contributed by atoms with Crippen LogP contribution in [0.5, 0.6) is 0 Å². The van der Waals surface area contributed by atoms with Crippen molar-refractivity contribution in [1.29, 1.82) is 0 Å². The molecule has 0 aliphatic carbocycles. The molecule has 0 unspecified atom stereocenters. The summed E-state index contributed by atoms with van der Waals surface area (Å²) in [6.45, 7) is 32.1. The largest absolute Gasteiger partial charge is 0.330 e. The first-order valence-electron chi connectivity index (χ1n) is 28.5. The van der Waals surface area contributed by atoms with Crippen molar-refractivity contribution in [2.24, 2.45) is 68.8 Å². The molecule has 20 nitrogen and oxygen atoms in total. The van der Waals surface area contributed by atoms with Crippen molar-refractivity contribution in [3.05, 3.63) is 0 Å². The summed E-state index contributed by atoms with van der Waals surface area (Å²) in [4.78, 5) is 20.6. The van der Waals surface area contributed by atoms with Gasteiger partial charge in [0.1, 0.15) is 0 Å². The zero-order valence-corrected chi connectivity index (χ0v) is 45.9. The molecule has 0 aliphatic rings. The van der Waals surface area contributed by atoms with E-state index in [4.69, 9.17) is 68.8 Å². The second kappa shape index (κ2) is 57.5. The Kier molecular flexibility index (Phi) is 58.5. The van der Waals surface area contributed by atoms with Gasteiger partial charge in [-0.25, -0.2) is 0 Å². The lowest BCUT2D eigenvalue weighted by atomic mass is 10.2. The predicted octanol–water partition coefficient (Wildman–Crippen LogP) is -1.95. The van der Waals surface area contributed by atoms with E-state index in [0.717, 1.165) is 326 Å². The van der Waals surface area contributed by atoms with Gasteiger partial charge in [0, 0.05) is 52.4 Å². The second-order valence-electron chi connectivity index (χ2n) is 19.2. The molecule has 20 heteroatoms. The van der Waals surface area contributed by atoms with Crippen LogP contribution in [-0.2, 0) is 0 Å². The molecule has 0 aromatic carbocycles. The van der Waals surface area contributed by atoms with Gasteiger partial charge in [-0.1, -0.05) is 0 Å². The van der Waals surface area contributed by atoms with Crippen LogP contribution in [0.25, 0.3) is 0 Å². The van der Waals surface area contributed by atoms with Crippen molar-refractivity contribution in [2.75, 3.05) is 223 Å². The minimum Gasteiger partial charge on any atom is -0.330 e. The summed E-state index contributed by atoms with van der Waals surface area (Å²) in [7, 11) is 0. The fourth-order valence-corrected chi connectivity index (χ4v) is 8.77. The first-order chi connectivity index (χ1) is 34.3. The molecule has 0 radical (unpaired) electrons. The molecule has 0 aromatic heterocycles. The van der Waals surface area contributed by atoms with Gasteiger partial charge in [-0.05, 0) is 260 Å². The van der Waals surface area contributed by atoms with Crippen LogP contribution in [0.1, 0.15) is 103 Å². The summed E-state index contributed by atoms with van der Waals surface area (Å²) in [6, 6.07) is 0. The van der Waals surface area contributed by atoms with Gasteiger partial charge in [0.25, 0.3) is 0 Å². The van der Waals surface area contributed by atoms with Crippen molar-refractivity contribution in [2.45, 2.75) is 103 Å². The lowest BCUT2D eigenvalue weighted by Gasteiger charge is -2.33. The summed E-state index contributed by atoms with van der Waals surface area (Å²) >= 11 is 0. The first-order valence-corrected chi connectivity index (χ1v) is 28.5. The molecule has 0 rings (SSSR count). The normalized spacial score (nSPS) is 12.2. The van der Waals surface area contributed by atoms with Crippen LogP contribution in [0.3, 0.4) is 0 Å². The van der Waals surface area contributed by atoms with Crippen LogP contribution in [0.15, 0.2) is 0 Å². The third kappa shape index (κ3) is 46.9. The van der Waals surface area contributed by atoms with Gasteiger partial charge in [0.15, 0.2) is 0 Å². The Bertz CT molecular complexity index is 807. The average Bonchev–Trinajstić information content (AvgIpc) is 3.37. The van der Waals surface area contributed by atoms with Crippen LogP contribution in [0, 0.1) is 0 Å². The molecule has 0 saturated carbocycles. The average molecular weight is 1010 g/mol. The van der Waals surface area contributed by atoms with E-state index in [1.165, 1.54) is 0 Å². The fraction of sp³-hybridized carbons (Fsp3) is 1.00. The Balaban J connectivity index is 0. The molecule has 0 heterocycles. The van der Waals surface area contributed by atoms with E-state index < -0.39 is 0 Å². The highest BCUT2D eigenvalue weighted by molar-refractivity contribution is 4.71. The maximum atomic E-state index is 5.88. The number of nitrogens with zero attached hydrogens (tertiary/aromatic N) is 8. The molecule has 0 saturated heterocycles. The van der Waals surface area contributed by atoms with Crippen LogP contribution < -0.4 is 68.8 Å². The van der Waals surface area contributed by atoms with Gasteiger partial charge < -0.3 is 88.4 Å². The Morgan fingerprint density at radius 3 is 0.357 bits per heavy atom. The zero-order valence-electron chi connectivity index (χ0n) is 45.9. The van der Waals surface area contributed by atoms with E-state index in [1.54, 1.807) is 0 Å². The van der Waals surface area contributed by atoms with Crippen molar-refractivity contribution in [1.82, 2.24) is 39.2 Å². The molecule has 70 heavy (non-hydrogen) atoms. The number of nitrogens with two attached hydrogens (primary N) is 12. The van der Waals surface area contributed by atoms with Gasteiger partial charge >= 0.3 is 0 Å². The lowest BCUT2D eigenvalue weighted by Crippen LogP contribution is -2.43. The molecule has 24 N–H and O–H groups in total. The number of rotatable bonds is 56. The maximum absolute atomic E-state index is 5.88. The Hall–Kier alpha value is -0.800.